The van der Waals surface area contributed by atoms with Gasteiger partial charge in [-0.15, -0.1) is 0 Å². The van der Waals surface area contributed by atoms with Gasteiger partial charge in [0.05, 0.1) is 12.1 Å². The number of aliphatic hydroxyl groups is 1. The normalized spacial score (nSPS) is 27.6. The highest BCUT2D eigenvalue weighted by Crippen LogP contribution is 2.38. The van der Waals surface area contributed by atoms with Crippen molar-refractivity contribution in [2.75, 3.05) is 24.8 Å². The Hall–Kier alpha value is -2.80. The van der Waals surface area contributed by atoms with Gasteiger partial charge in [-0.1, -0.05) is 6.07 Å². The van der Waals surface area contributed by atoms with Gasteiger partial charge in [-0.05, 0) is 61.9 Å². The smallest absolute Gasteiger partial charge is 0.251 e. The highest BCUT2D eigenvalue weighted by Gasteiger charge is 2.42. The number of carbonyl (C=O) groups excluding carboxylic acids is 1. The first kappa shape index (κ1) is 18.2. The van der Waals surface area contributed by atoms with Gasteiger partial charge in [-0.3, -0.25) is 4.79 Å². The number of benzene rings is 1. The van der Waals surface area contributed by atoms with E-state index >= 15 is 0 Å². The van der Waals surface area contributed by atoms with Crippen LogP contribution in [0, 0.1) is 18.8 Å². The quantitative estimate of drug-likeness (QED) is 0.828. The third-order valence-electron chi connectivity index (χ3n) is 6.29. The Balaban J connectivity index is 1.25. The molecule has 2 N–H and O–H groups in total. The molecule has 0 spiro atoms. The topological polar surface area (TPSA) is 83.9 Å². The molecule has 7 nitrogen and oxygen atoms in total. The Labute approximate surface area is 169 Å². The second-order valence-corrected chi connectivity index (χ2v) is 8.25. The number of rotatable bonds is 3. The van der Waals surface area contributed by atoms with Gasteiger partial charge < -0.3 is 24.8 Å². The molecule has 1 saturated carbocycles. The summed E-state index contributed by atoms with van der Waals surface area (Å²) in [6.45, 7) is 3.99. The summed E-state index contributed by atoms with van der Waals surface area (Å²) in [6.07, 6.45) is 0.920. The molecule has 7 heteroatoms. The lowest BCUT2D eigenvalue weighted by Crippen LogP contribution is -2.49. The summed E-state index contributed by atoms with van der Waals surface area (Å²) in [4.78, 5) is 19.7. The van der Waals surface area contributed by atoms with Gasteiger partial charge in [0, 0.05) is 24.3 Å². The summed E-state index contributed by atoms with van der Waals surface area (Å²) in [5, 5.41) is 13.7. The van der Waals surface area contributed by atoms with Gasteiger partial charge in [0.15, 0.2) is 11.5 Å². The van der Waals surface area contributed by atoms with E-state index in [9.17, 15) is 9.90 Å². The van der Waals surface area contributed by atoms with Crippen LogP contribution in [0.5, 0.6) is 11.5 Å². The molecular weight excluding hydrogens is 370 g/mol. The van der Waals surface area contributed by atoms with Crippen LogP contribution < -0.4 is 19.7 Å². The van der Waals surface area contributed by atoms with Crippen LogP contribution in [0.1, 0.15) is 28.9 Å². The number of hydrogen-bond acceptors (Lipinski definition) is 6. The molecule has 3 aliphatic rings. The molecule has 5 rings (SSSR count). The summed E-state index contributed by atoms with van der Waals surface area (Å²) in [6, 6.07) is 11.0. The van der Waals surface area contributed by atoms with Crippen molar-refractivity contribution in [3.05, 3.63) is 47.7 Å². The Kier molecular flexibility index (Phi) is 4.54. The summed E-state index contributed by atoms with van der Waals surface area (Å²) >= 11 is 0. The lowest BCUT2D eigenvalue weighted by Gasteiger charge is -2.35. The largest absolute Gasteiger partial charge is 0.454 e. The molecule has 1 saturated heterocycles. The summed E-state index contributed by atoms with van der Waals surface area (Å²) < 4.78 is 10.7. The van der Waals surface area contributed by atoms with E-state index in [-0.39, 0.29) is 18.7 Å². The van der Waals surface area contributed by atoms with E-state index in [1.807, 2.05) is 25.1 Å². The Bertz CT molecular complexity index is 934. The number of fused-ring (bicyclic) bond motifs is 2. The monoisotopic (exact) mass is 395 g/mol. The predicted octanol–water partition coefficient (Wildman–Crippen LogP) is 2.12. The molecule has 3 heterocycles. The molecule has 4 atom stereocenters. The second-order valence-electron chi connectivity index (χ2n) is 8.25. The van der Waals surface area contributed by atoms with Crippen molar-refractivity contribution in [3.63, 3.8) is 0 Å². The number of anilines is 1. The number of aliphatic hydroxyl groups excluding tert-OH is 1. The number of ether oxygens (including phenoxy) is 2. The van der Waals surface area contributed by atoms with Gasteiger partial charge in [0.25, 0.3) is 5.91 Å². The SMILES string of the molecule is Cc1cccc(N2C[C@H]3C[C@H](O)[C@@H](NC(=O)c4ccc5c(c4)OCO5)C[C@H]3C2)n1. The first-order chi connectivity index (χ1) is 14.1. The van der Waals surface area contributed by atoms with E-state index in [0.717, 1.165) is 31.0 Å². The summed E-state index contributed by atoms with van der Waals surface area (Å²) in [5.74, 6) is 2.89. The van der Waals surface area contributed by atoms with Crippen molar-refractivity contribution >= 4 is 11.7 Å². The highest BCUT2D eigenvalue weighted by molar-refractivity contribution is 5.95. The molecule has 1 amide bonds. The zero-order chi connectivity index (χ0) is 20.0. The Morgan fingerprint density at radius 3 is 2.76 bits per heavy atom. The molecule has 1 aromatic heterocycles. The minimum absolute atomic E-state index is 0.178. The maximum absolute atomic E-state index is 12.7. The highest BCUT2D eigenvalue weighted by atomic mass is 16.7. The van der Waals surface area contributed by atoms with Crippen molar-refractivity contribution in [1.82, 2.24) is 10.3 Å². The third-order valence-corrected chi connectivity index (χ3v) is 6.29. The zero-order valence-corrected chi connectivity index (χ0v) is 16.4. The van der Waals surface area contributed by atoms with Crippen molar-refractivity contribution < 1.29 is 19.4 Å². The van der Waals surface area contributed by atoms with Crippen LogP contribution in [-0.4, -0.2) is 48.0 Å². The van der Waals surface area contributed by atoms with E-state index in [2.05, 4.69) is 15.2 Å². The molecule has 152 valence electrons. The number of nitrogens with zero attached hydrogens (tertiary/aromatic N) is 2. The van der Waals surface area contributed by atoms with E-state index in [1.54, 1.807) is 18.2 Å². The van der Waals surface area contributed by atoms with Crippen molar-refractivity contribution in [2.45, 2.75) is 31.9 Å². The molecule has 2 fully saturated rings. The average molecular weight is 395 g/mol. The molecular formula is C22H25N3O4. The van der Waals surface area contributed by atoms with E-state index < -0.39 is 6.10 Å². The zero-order valence-electron chi connectivity index (χ0n) is 16.4. The third kappa shape index (κ3) is 3.51. The number of carbonyl (C=O) groups is 1. The van der Waals surface area contributed by atoms with Crippen LogP contribution in [0.4, 0.5) is 5.82 Å². The number of pyridine rings is 1. The van der Waals surface area contributed by atoms with E-state index in [1.165, 1.54) is 0 Å². The van der Waals surface area contributed by atoms with E-state index in [4.69, 9.17) is 9.47 Å². The average Bonchev–Trinajstić information content (AvgIpc) is 3.34. The predicted molar refractivity (Wildman–Crippen MR) is 107 cm³/mol. The fourth-order valence-electron chi connectivity index (χ4n) is 4.77. The van der Waals surface area contributed by atoms with Gasteiger partial charge in [0.2, 0.25) is 6.79 Å². The van der Waals surface area contributed by atoms with Crippen molar-refractivity contribution in [3.8, 4) is 11.5 Å². The maximum Gasteiger partial charge on any atom is 0.251 e. The summed E-state index contributed by atoms with van der Waals surface area (Å²) in [7, 11) is 0. The molecule has 0 radical (unpaired) electrons. The Morgan fingerprint density at radius 2 is 1.93 bits per heavy atom. The first-order valence-corrected chi connectivity index (χ1v) is 10.1. The van der Waals surface area contributed by atoms with Crippen LogP contribution >= 0.6 is 0 Å². The molecule has 0 bridgehead atoms. The minimum atomic E-state index is -0.542. The summed E-state index contributed by atoms with van der Waals surface area (Å²) in [5.41, 5.74) is 1.52. The van der Waals surface area contributed by atoms with Crippen LogP contribution in [-0.2, 0) is 0 Å². The fourth-order valence-corrected chi connectivity index (χ4v) is 4.77. The molecule has 1 aliphatic carbocycles. The Morgan fingerprint density at radius 1 is 1.14 bits per heavy atom. The van der Waals surface area contributed by atoms with Crippen LogP contribution in [0.3, 0.4) is 0 Å². The molecule has 2 aliphatic heterocycles. The number of aryl methyl sites for hydroxylation is 1. The number of hydrogen-bond donors (Lipinski definition) is 2. The second kappa shape index (κ2) is 7.22. The number of nitrogens with one attached hydrogen (secondary N) is 1. The number of amides is 1. The fraction of sp³-hybridized carbons (Fsp3) is 0.455. The van der Waals surface area contributed by atoms with Gasteiger partial charge in [-0.25, -0.2) is 4.98 Å². The lowest BCUT2D eigenvalue weighted by molar-refractivity contribution is 0.0462. The van der Waals surface area contributed by atoms with E-state index in [0.29, 0.717) is 35.3 Å². The van der Waals surface area contributed by atoms with Gasteiger partial charge >= 0.3 is 0 Å². The minimum Gasteiger partial charge on any atom is -0.454 e. The molecule has 0 unspecified atom stereocenters. The van der Waals surface area contributed by atoms with Crippen molar-refractivity contribution in [2.24, 2.45) is 11.8 Å². The van der Waals surface area contributed by atoms with Crippen LogP contribution in [0.15, 0.2) is 36.4 Å². The standard InChI is InChI=1S/C22H25N3O4/c1-13-3-2-4-21(23-13)25-10-15-7-17(18(26)8-16(15)11-25)24-22(27)14-5-6-19-20(9-14)29-12-28-19/h2-6,9,15-18,26H,7-8,10-12H2,1H3,(H,24,27)/t15-,16+,17-,18-/m0/s1. The van der Waals surface area contributed by atoms with Gasteiger partial charge in [-0.2, -0.15) is 0 Å². The maximum atomic E-state index is 12.7. The molecule has 2 aromatic rings. The molecule has 29 heavy (non-hydrogen) atoms. The lowest BCUT2D eigenvalue weighted by atomic mass is 9.77. The van der Waals surface area contributed by atoms with Gasteiger partial charge in [0.1, 0.15) is 5.82 Å². The number of aromatic nitrogens is 1. The molecule has 1 aromatic carbocycles. The van der Waals surface area contributed by atoms with Crippen LogP contribution in [0.2, 0.25) is 0 Å². The van der Waals surface area contributed by atoms with Crippen molar-refractivity contribution in [1.29, 1.82) is 0 Å². The first-order valence-electron chi connectivity index (χ1n) is 10.1. The van der Waals surface area contributed by atoms with Crippen LogP contribution in [0.25, 0.3) is 0 Å².